The largest absolute Gasteiger partial charge is 0.353 e. The van der Waals surface area contributed by atoms with E-state index in [1.54, 1.807) is 22.2 Å². The molecule has 1 aliphatic rings. The number of hydrogen-bond donors (Lipinski definition) is 1. The van der Waals surface area contributed by atoms with E-state index in [2.05, 4.69) is 10.3 Å². The molecule has 2 aromatic heterocycles. The van der Waals surface area contributed by atoms with Crippen molar-refractivity contribution in [3.05, 3.63) is 27.1 Å². The van der Waals surface area contributed by atoms with Crippen LogP contribution in [-0.2, 0) is 11.3 Å². The average molecular weight is 319 g/mol. The first-order valence-corrected chi connectivity index (χ1v) is 8.62. The second kappa shape index (κ2) is 6.20. The Labute approximate surface area is 133 Å². The summed E-state index contributed by atoms with van der Waals surface area (Å²) in [5.41, 5.74) is 0.961. The predicted octanol–water partition coefficient (Wildman–Crippen LogP) is 2.52. The number of carbonyl (C=O) groups excluding carboxylic acids is 1. The molecular formula is C16H21N3O2S. The van der Waals surface area contributed by atoms with Crippen molar-refractivity contribution in [1.82, 2.24) is 14.9 Å². The third-order valence-corrected chi connectivity index (χ3v) is 5.57. The summed E-state index contributed by atoms with van der Waals surface area (Å²) in [6.07, 6.45) is 6.43. The fraction of sp³-hybridized carbons (Fsp3) is 0.562. The highest BCUT2D eigenvalue weighted by Gasteiger charge is 2.17. The zero-order chi connectivity index (χ0) is 15.7. The van der Waals surface area contributed by atoms with Gasteiger partial charge in [-0.1, -0.05) is 12.8 Å². The summed E-state index contributed by atoms with van der Waals surface area (Å²) >= 11 is 1.54. The quantitative estimate of drug-likeness (QED) is 0.942. The minimum absolute atomic E-state index is 0.0251. The molecule has 0 atom stereocenters. The van der Waals surface area contributed by atoms with Crippen LogP contribution in [0.5, 0.6) is 0 Å². The van der Waals surface area contributed by atoms with Crippen LogP contribution in [-0.4, -0.2) is 21.5 Å². The van der Waals surface area contributed by atoms with Gasteiger partial charge in [-0.3, -0.25) is 14.2 Å². The van der Waals surface area contributed by atoms with Crippen LogP contribution in [0.1, 0.15) is 42.5 Å². The van der Waals surface area contributed by atoms with Gasteiger partial charge in [-0.05, 0) is 32.3 Å². The van der Waals surface area contributed by atoms with Gasteiger partial charge in [-0.2, -0.15) is 0 Å². The molecule has 6 heteroatoms. The molecule has 1 N–H and O–H groups in total. The van der Waals surface area contributed by atoms with Crippen LogP contribution in [0, 0.1) is 13.8 Å². The van der Waals surface area contributed by atoms with Crippen LogP contribution in [0.2, 0.25) is 0 Å². The Bertz CT molecular complexity index is 757. The molecule has 2 heterocycles. The number of fused-ring (bicyclic) bond motifs is 1. The SMILES string of the molecule is Cc1sc2ncn(CCC(=O)NC3CCCC3)c(=O)c2c1C. The number of rotatable bonds is 4. The molecule has 0 aromatic carbocycles. The van der Waals surface area contributed by atoms with E-state index in [1.807, 2.05) is 13.8 Å². The molecular weight excluding hydrogens is 298 g/mol. The maximum Gasteiger partial charge on any atom is 0.262 e. The Morgan fingerprint density at radius 3 is 2.86 bits per heavy atom. The van der Waals surface area contributed by atoms with E-state index in [0.717, 1.165) is 28.1 Å². The van der Waals surface area contributed by atoms with Gasteiger partial charge in [0.15, 0.2) is 0 Å². The summed E-state index contributed by atoms with van der Waals surface area (Å²) in [5.74, 6) is 0.0251. The highest BCUT2D eigenvalue weighted by atomic mass is 32.1. The third kappa shape index (κ3) is 2.92. The van der Waals surface area contributed by atoms with Crippen molar-refractivity contribution in [2.24, 2.45) is 0 Å². The monoisotopic (exact) mass is 319 g/mol. The van der Waals surface area contributed by atoms with Crippen LogP contribution < -0.4 is 10.9 Å². The third-order valence-electron chi connectivity index (χ3n) is 4.46. The van der Waals surface area contributed by atoms with E-state index in [1.165, 1.54) is 12.8 Å². The Balaban J connectivity index is 1.71. The molecule has 0 saturated heterocycles. The summed E-state index contributed by atoms with van der Waals surface area (Å²) < 4.78 is 1.55. The van der Waals surface area contributed by atoms with E-state index in [-0.39, 0.29) is 11.5 Å². The van der Waals surface area contributed by atoms with E-state index in [0.29, 0.717) is 24.4 Å². The van der Waals surface area contributed by atoms with Gasteiger partial charge >= 0.3 is 0 Å². The highest BCUT2D eigenvalue weighted by Crippen LogP contribution is 2.25. The van der Waals surface area contributed by atoms with Crippen LogP contribution >= 0.6 is 11.3 Å². The molecule has 1 fully saturated rings. The molecule has 0 unspecified atom stereocenters. The Morgan fingerprint density at radius 2 is 2.14 bits per heavy atom. The number of thiophene rings is 1. The van der Waals surface area contributed by atoms with Crippen LogP contribution in [0.4, 0.5) is 0 Å². The number of carbonyl (C=O) groups is 1. The smallest absolute Gasteiger partial charge is 0.262 e. The topological polar surface area (TPSA) is 64.0 Å². The van der Waals surface area contributed by atoms with E-state index in [4.69, 9.17) is 0 Å². The number of aryl methyl sites for hydroxylation is 3. The molecule has 2 aromatic rings. The number of aromatic nitrogens is 2. The molecule has 0 radical (unpaired) electrons. The fourth-order valence-corrected chi connectivity index (χ4v) is 4.01. The summed E-state index contributed by atoms with van der Waals surface area (Å²) in [7, 11) is 0. The van der Waals surface area contributed by atoms with Gasteiger partial charge in [0.25, 0.3) is 5.56 Å². The minimum Gasteiger partial charge on any atom is -0.353 e. The predicted molar refractivity (Wildman–Crippen MR) is 88.4 cm³/mol. The molecule has 0 spiro atoms. The second-order valence-corrected chi connectivity index (χ2v) is 7.21. The van der Waals surface area contributed by atoms with Crippen LogP contribution in [0.3, 0.4) is 0 Å². The van der Waals surface area contributed by atoms with Gasteiger partial charge in [0.2, 0.25) is 5.91 Å². The van der Waals surface area contributed by atoms with Gasteiger partial charge in [-0.15, -0.1) is 11.3 Å². The Morgan fingerprint density at radius 1 is 1.41 bits per heavy atom. The molecule has 1 saturated carbocycles. The van der Waals surface area contributed by atoms with Crippen molar-refractivity contribution in [2.75, 3.05) is 0 Å². The molecule has 118 valence electrons. The molecule has 1 aliphatic carbocycles. The zero-order valence-electron chi connectivity index (χ0n) is 13.0. The highest BCUT2D eigenvalue weighted by molar-refractivity contribution is 7.18. The fourth-order valence-electron chi connectivity index (χ4n) is 3.02. The van der Waals surface area contributed by atoms with Crippen molar-refractivity contribution >= 4 is 27.5 Å². The summed E-state index contributed by atoms with van der Waals surface area (Å²) in [6.45, 7) is 4.34. The first-order chi connectivity index (χ1) is 10.6. The lowest BCUT2D eigenvalue weighted by Crippen LogP contribution is -2.34. The summed E-state index contributed by atoms with van der Waals surface area (Å²) in [6, 6.07) is 0.326. The van der Waals surface area contributed by atoms with E-state index < -0.39 is 0 Å². The Hall–Kier alpha value is -1.69. The molecule has 1 amide bonds. The van der Waals surface area contributed by atoms with Crippen LogP contribution in [0.15, 0.2) is 11.1 Å². The molecule has 3 rings (SSSR count). The van der Waals surface area contributed by atoms with Crippen molar-refractivity contribution in [3.8, 4) is 0 Å². The average Bonchev–Trinajstić information content (AvgIpc) is 3.08. The maximum absolute atomic E-state index is 12.5. The number of amides is 1. The first-order valence-electron chi connectivity index (χ1n) is 7.81. The zero-order valence-corrected chi connectivity index (χ0v) is 13.8. The normalized spacial score (nSPS) is 15.5. The van der Waals surface area contributed by atoms with Crippen molar-refractivity contribution < 1.29 is 4.79 Å². The lowest BCUT2D eigenvalue weighted by molar-refractivity contribution is -0.122. The van der Waals surface area contributed by atoms with Crippen molar-refractivity contribution in [2.45, 2.75) is 58.5 Å². The van der Waals surface area contributed by atoms with Gasteiger partial charge < -0.3 is 5.32 Å². The lowest BCUT2D eigenvalue weighted by atomic mass is 10.2. The van der Waals surface area contributed by atoms with Gasteiger partial charge in [0.1, 0.15) is 4.83 Å². The minimum atomic E-state index is -0.0412. The summed E-state index contributed by atoms with van der Waals surface area (Å²) in [4.78, 5) is 30.8. The van der Waals surface area contributed by atoms with Crippen molar-refractivity contribution in [1.29, 1.82) is 0 Å². The standard InChI is InChI=1S/C16H21N3O2S/c1-10-11(2)22-15-14(10)16(21)19(9-17-15)8-7-13(20)18-12-5-3-4-6-12/h9,12H,3-8H2,1-2H3,(H,18,20). The lowest BCUT2D eigenvalue weighted by Gasteiger charge is -2.12. The first kappa shape index (κ1) is 15.2. The van der Waals surface area contributed by atoms with Gasteiger partial charge in [0.05, 0.1) is 11.7 Å². The molecule has 0 bridgehead atoms. The van der Waals surface area contributed by atoms with Gasteiger partial charge in [0, 0.05) is 23.9 Å². The Kier molecular flexibility index (Phi) is 4.29. The maximum atomic E-state index is 12.5. The molecule has 22 heavy (non-hydrogen) atoms. The molecule has 0 aliphatic heterocycles. The second-order valence-electron chi connectivity index (χ2n) is 6.01. The number of nitrogens with zero attached hydrogens (tertiary/aromatic N) is 2. The van der Waals surface area contributed by atoms with E-state index >= 15 is 0 Å². The van der Waals surface area contributed by atoms with Crippen LogP contribution in [0.25, 0.3) is 10.2 Å². The van der Waals surface area contributed by atoms with Crippen molar-refractivity contribution in [3.63, 3.8) is 0 Å². The number of nitrogens with one attached hydrogen (secondary N) is 1. The summed E-state index contributed by atoms with van der Waals surface area (Å²) in [5, 5.41) is 3.74. The van der Waals surface area contributed by atoms with Gasteiger partial charge in [-0.25, -0.2) is 4.98 Å². The number of hydrogen-bond acceptors (Lipinski definition) is 4. The van der Waals surface area contributed by atoms with E-state index in [9.17, 15) is 9.59 Å². The molecule has 5 nitrogen and oxygen atoms in total.